The Balaban J connectivity index is 1.61. The lowest BCUT2D eigenvalue weighted by Crippen LogP contribution is -2.37. The molecule has 2 aromatic rings. The number of nitrogens with zero attached hydrogens (tertiary/aromatic N) is 2. The second kappa shape index (κ2) is 9.52. The molecule has 1 heterocycles. The quantitative estimate of drug-likeness (QED) is 0.718. The van der Waals surface area contributed by atoms with Crippen LogP contribution in [-0.2, 0) is 21.4 Å². The Morgan fingerprint density at radius 2 is 1.66 bits per heavy atom. The fraction of sp³-hybridized carbons (Fsp3) is 0.409. The van der Waals surface area contributed by atoms with Gasteiger partial charge in [0, 0.05) is 31.4 Å². The lowest BCUT2D eigenvalue weighted by Gasteiger charge is -2.26. The summed E-state index contributed by atoms with van der Waals surface area (Å²) in [4.78, 5) is 14.9. The first kappa shape index (κ1) is 21.5. The van der Waals surface area contributed by atoms with Gasteiger partial charge in [-0.05, 0) is 56.5 Å². The fourth-order valence-electron chi connectivity index (χ4n) is 3.41. The standard InChI is InChI=1S/C22H29N3O3S/c1-18(2)24(16-19-8-4-3-5-9-19)17-22(26)23-20-10-12-21(13-11-20)29(27,28)25-14-6-7-15-25/h3-5,8-13,18H,6-7,14-17H2,1-2H3,(H,23,26). The van der Waals surface area contributed by atoms with Crippen LogP contribution in [0.15, 0.2) is 59.5 Å². The number of rotatable bonds is 8. The third kappa shape index (κ3) is 5.65. The van der Waals surface area contributed by atoms with Crippen LogP contribution in [0.4, 0.5) is 5.69 Å². The van der Waals surface area contributed by atoms with Gasteiger partial charge >= 0.3 is 0 Å². The number of hydrogen-bond acceptors (Lipinski definition) is 4. The van der Waals surface area contributed by atoms with Crippen LogP contribution in [0.1, 0.15) is 32.3 Å². The summed E-state index contributed by atoms with van der Waals surface area (Å²) in [6, 6.07) is 16.7. The van der Waals surface area contributed by atoms with Gasteiger partial charge < -0.3 is 5.32 Å². The summed E-state index contributed by atoms with van der Waals surface area (Å²) in [6.45, 7) is 6.24. The van der Waals surface area contributed by atoms with Crippen molar-refractivity contribution in [3.05, 3.63) is 60.2 Å². The minimum atomic E-state index is -3.44. The van der Waals surface area contributed by atoms with Gasteiger partial charge in [0.15, 0.2) is 0 Å². The molecule has 1 amide bonds. The second-order valence-electron chi connectivity index (χ2n) is 7.67. The molecule has 1 fully saturated rings. The van der Waals surface area contributed by atoms with Crippen molar-refractivity contribution in [2.75, 3.05) is 25.0 Å². The minimum absolute atomic E-state index is 0.121. The van der Waals surface area contributed by atoms with Gasteiger partial charge in [-0.25, -0.2) is 8.42 Å². The first-order chi connectivity index (χ1) is 13.9. The molecule has 156 valence electrons. The molecule has 1 N–H and O–H groups in total. The smallest absolute Gasteiger partial charge is 0.243 e. The molecule has 0 unspecified atom stereocenters. The Bertz CT molecular complexity index is 906. The summed E-state index contributed by atoms with van der Waals surface area (Å²) in [5, 5.41) is 2.87. The lowest BCUT2D eigenvalue weighted by atomic mass is 10.2. The van der Waals surface area contributed by atoms with Crippen molar-refractivity contribution in [2.45, 2.75) is 44.2 Å². The predicted molar refractivity (Wildman–Crippen MR) is 115 cm³/mol. The van der Waals surface area contributed by atoms with Gasteiger partial charge in [0.05, 0.1) is 11.4 Å². The molecule has 0 aromatic heterocycles. The highest BCUT2D eigenvalue weighted by molar-refractivity contribution is 7.89. The maximum atomic E-state index is 12.6. The molecular formula is C22H29N3O3S. The Labute approximate surface area is 173 Å². The average Bonchev–Trinajstić information content (AvgIpc) is 3.24. The number of amides is 1. The normalized spacial score (nSPS) is 15.2. The Morgan fingerprint density at radius 1 is 1.03 bits per heavy atom. The first-order valence-electron chi connectivity index (χ1n) is 10.0. The van der Waals surface area contributed by atoms with Gasteiger partial charge in [0.2, 0.25) is 15.9 Å². The SMILES string of the molecule is CC(C)N(CC(=O)Nc1ccc(S(=O)(=O)N2CCCC2)cc1)Cc1ccccc1. The highest BCUT2D eigenvalue weighted by atomic mass is 32.2. The molecule has 29 heavy (non-hydrogen) atoms. The van der Waals surface area contributed by atoms with Crippen LogP contribution in [0.2, 0.25) is 0 Å². The van der Waals surface area contributed by atoms with Crippen molar-refractivity contribution < 1.29 is 13.2 Å². The van der Waals surface area contributed by atoms with Crippen LogP contribution in [0, 0.1) is 0 Å². The van der Waals surface area contributed by atoms with E-state index in [4.69, 9.17) is 0 Å². The second-order valence-corrected chi connectivity index (χ2v) is 9.61. The summed E-state index contributed by atoms with van der Waals surface area (Å²) in [6.07, 6.45) is 1.81. The summed E-state index contributed by atoms with van der Waals surface area (Å²) in [5.41, 5.74) is 1.75. The van der Waals surface area contributed by atoms with Gasteiger partial charge in [0.1, 0.15) is 0 Å². The van der Waals surface area contributed by atoms with E-state index in [9.17, 15) is 13.2 Å². The number of anilines is 1. The largest absolute Gasteiger partial charge is 0.325 e. The monoisotopic (exact) mass is 415 g/mol. The first-order valence-corrected chi connectivity index (χ1v) is 11.5. The molecule has 0 spiro atoms. The Morgan fingerprint density at radius 3 is 2.24 bits per heavy atom. The van der Waals surface area contributed by atoms with E-state index in [2.05, 4.69) is 24.1 Å². The average molecular weight is 416 g/mol. The Kier molecular flexibility index (Phi) is 7.05. The molecule has 0 bridgehead atoms. The molecule has 2 aromatic carbocycles. The van der Waals surface area contributed by atoms with E-state index in [1.165, 1.54) is 4.31 Å². The third-order valence-corrected chi connectivity index (χ3v) is 7.06. The van der Waals surface area contributed by atoms with Gasteiger partial charge in [-0.2, -0.15) is 4.31 Å². The Hall–Kier alpha value is -2.22. The zero-order valence-electron chi connectivity index (χ0n) is 17.0. The summed E-state index contributed by atoms with van der Waals surface area (Å²) >= 11 is 0. The number of carbonyl (C=O) groups is 1. The topological polar surface area (TPSA) is 69.7 Å². The number of nitrogens with one attached hydrogen (secondary N) is 1. The molecule has 1 saturated heterocycles. The van der Waals surface area contributed by atoms with E-state index >= 15 is 0 Å². The van der Waals surface area contributed by atoms with E-state index in [0.29, 0.717) is 25.3 Å². The summed E-state index contributed by atoms with van der Waals surface area (Å²) in [5.74, 6) is -0.121. The number of sulfonamides is 1. The van der Waals surface area contributed by atoms with E-state index in [0.717, 1.165) is 18.4 Å². The number of carbonyl (C=O) groups excluding carboxylic acids is 1. The van der Waals surface area contributed by atoms with Crippen LogP contribution < -0.4 is 5.32 Å². The zero-order valence-corrected chi connectivity index (χ0v) is 17.9. The maximum Gasteiger partial charge on any atom is 0.243 e. The number of benzene rings is 2. The van der Waals surface area contributed by atoms with Crippen LogP contribution >= 0.6 is 0 Å². The maximum absolute atomic E-state index is 12.6. The van der Waals surface area contributed by atoms with Gasteiger partial charge in [-0.1, -0.05) is 30.3 Å². The van der Waals surface area contributed by atoms with Gasteiger partial charge in [0.25, 0.3) is 0 Å². The molecular weight excluding hydrogens is 386 g/mol. The molecule has 1 aliphatic heterocycles. The zero-order chi connectivity index (χ0) is 20.9. The molecule has 0 aliphatic carbocycles. The summed E-state index contributed by atoms with van der Waals surface area (Å²) in [7, 11) is -3.44. The molecule has 6 nitrogen and oxygen atoms in total. The van der Waals surface area contributed by atoms with Crippen molar-refractivity contribution in [3.63, 3.8) is 0 Å². The number of hydrogen-bond donors (Lipinski definition) is 1. The molecule has 0 radical (unpaired) electrons. The molecule has 7 heteroatoms. The predicted octanol–water partition coefficient (Wildman–Crippen LogP) is 3.32. The highest BCUT2D eigenvalue weighted by Crippen LogP contribution is 2.22. The molecule has 0 atom stereocenters. The molecule has 0 saturated carbocycles. The van der Waals surface area contributed by atoms with Crippen LogP contribution in [-0.4, -0.2) is 49.2 Å². The molecule has 3 rings (SSSR count). The van der Waals surface area contributed by atoms with Crippen molar-refractivity contribution in [3.8, 4) is 0 Å². The van der Waals surface area contributed by atoms with Gasteiger partial charge in [-0.15, -0.1) is 0 Å². The van der Waals surface area contributed by atoms with Crippen LogP contribution in [0.25, 0.3) is 0 Å². The van der Waals surface area contributed by atoms with Crippen molar-refractivity contribution in [1.82, 2.24) is 9.21 Å². The van der Waals surface area contributed by atoms with Crippen molar-refractivity contribution in [1.29, 1.82) is 0 Å². The summed E-state index contributed by atoms with van der Waals surface area (Å²) < 4.78 is 26.7. The third-order valence-electron chi connectivity index (χ3n) is 5.15. The van der Waals surface area contributed by atoms with Crippen molar-refractivity contribution in [2.24, 2.45) is 0 Å². The van der Waals surface area contributed by atoms with E-state index in [1.54, 1.807) is 24.3 Å². The van der Waals surface area contributed by atoms with E-state index in [-0.39, 0.29) is 23.4 Å². The van der Waals surface area contributed by atoms with Gasteiger partial charge in [-0.3, -0.25) is 9.69 Å². The van der Waals surface area contributed by atoms with Crippen LogP contribution in [0.5, 0.6) is 0 Å². The van der Waals surface area contributed by atoms with E-state index < -0.39 is 10.0 Å². The fourth-order valence-corrected chi connectivity index (χ4v) is 4.93. The molecule has 1 aliphatic rings. The van der Waals surface area contributed by atoms with E-state index in [1.807, 2.05) is 30.3 Å². The lowest BCUT2D eigenvalue weighted by molar-refractivity contribution is -0.117. The highest BCUT2D eigenvalue weighted by Gasteiger charge is 2.27. The van der Waals surface area contributed by atoms with Crippen molar-refractivity contribution >= 4 is 21.6 Å². The van der Waals surface area contributed by atoms with Crippen LogP contribution in [0.3, 0.4) is 0 Å². The minimum Gasteiger partial charge on any atom is -0.325 e.